The molecule has 2 rings (SSSR count). The highest BCUT2D eigenvalue weighted by atomic mass is 32.2. The summed E-state index contributed by atoms with van der Waals surface area (Å²) in [6.45, 7) is 0. The summed E-state index contributed by atoms with van der Waals surface area (Å²) in [7, 11) is -4.38. The van der Waals surface area contributed by atoms with E-state index < -0.39 is 39.1 Å². The maximum atomic E-state index is 13.0. The van der Waals surface area contributed by atoms with E-state index in [1.165, 1.54) is 17.0 Å². The lowest BCUT2D eigenvalue weighted by atomic mass is 10.1. The SMILES string of the molecule is O=C(NS(=O)(=O)/C=C/c1ccccn1)c1ccc(F)cc1C(F)(F)F. The molecule has 1 N–H and O–H groups in total. The number of hydrogen-bond acceptors (Lipinski definition) is 4. The number of hydrogen-bond donors (Lipinski definition) is 1. The maximum Gasteiger partial charge on any atom is 0.417 e. The van der Waals surface area contributed by atoms with Crippen molar-refractivity contribution in [2.75, 3.05) is 0 Å². The minimum absolute atomic E-state index is 0.116. The molecule has 132 valence electrons. The van der Waals surface area contributed by atoms with Gasteiger partial charge in [0.2, 0.25) is 0 Å². The first-order valence-electron chi connectivity index (χ1n) is 6.61. The molecule has 0 aliphatic carbocycles. The predicted octanol–water partition coefficient (Wildman–Crippen LogP) is 2.97. The van der Waals surface area contributed by atoms with Gasteiger partial charge in [0.05, 0.1) is 22.2 Å². The van der Waals surface area contributed by atoms with Gasteiger partial charge >= 0.3 is 6.18 Å². The molecule has 0 aliphatic rings. The molecular formula is C15H10F4N2O3S. The number of rotatable bonds is 4. The van der Waals surface area contributed by atoms with Crippen molar-refractivity contribution in [2.45, 2.75) is 6.18 Å². The van der Waals surface area contributed by atoms with Crippen LogP contribution in [-0.2, 0) is 16.2 Å². The van der Waals surface area contributed by atoms with Gasteiger partial charge in [-0.25, -0.2) is 17.5 Å². The van der Waals surface area contributed by atoms with E-state index in [0.29, 0.717) is 17.5 Å². The lowest BCUT2D eigenvalue weighted by Crippen LogP contribution is -2.30. The summed E-state index contributed by atoms with van der Waals surface area (Å²) in [6, 6.07) is 5.97. The molecule has 0 spiro atoms. The number of carbonyl (C=O) groups excluding carboxylic acids is 1. The van der Waals surface area contributed by atoms with Gasteiger partial charge in [0.25, 0.3) is 15.9 Å². The summed E-state index contributed by atoms with van der Waals surface area (Å²) < 4.78 is 76.7. The third-order valence-corrected chi connectivity index (χ3v) is 3.84. The van der Waals surface area contributed by atoms with Crippen LogP contribution in [0.5, 0.6) is 0 Å². The fraction of sp³-hybridized carbons (Fsp3) is 0.0667. The van der Waals surface area contributed by atoms with Crippen molar-refractivity contribution in [3.8, 4) is 0 Å². The molecule has 0 saturated carbocycles. The second-order valence-corrected chi connectivity index (χ2v) is 6.29. The van der Waals surface area contributed by atoms with E-state index in [1.807, 2.05) is 0 Å². The van der Waals surface area contributed by atoms with Gasteiger partial charge in [-0.3, -0.25) is 9.78 Å². The number of halogens is 4. The maximum absolute atomic E-state index is 13.0. The molecule has 2 aromatic rings. The van der Waals surface area contributed by atoms with Crippen LogP contribution in [0.1, 0.15) is 21.6 Å². The summed E-state index contributed by atoms with van der Waals surface area (Å²) in [4.78, 5) is 15.7. The molecule has 0 bridgehead atoms. The number of pyridine rings is 1. The highest BCUT2D eigenvalue weighted by Crippen LogP contribution is 2.32. The van der Waals surface area contributed by atoms with Crippen LogP contribution in [0, 0.1) is 5.82 Å². The highest BCUT2D eigenvalue weighted by Gasteiger charge is 2.36. The quantitative estimate of drug-likeness (QED) is 0.835. The Bertz CT molecular complexity index is 910. The Kier molecular flexibility index (Phi) is 5.21. The Morgan fingerprint density at radius 2 is 1.88 bits per heavy atom. The Balaban J connectivity index is 2.26. The molecule has 10 heteroatoms. The van der Waals surface area contributed by atoms with Crippen LogP contribution >= 0.6 is 0 Å². The topological polar surface area (TPSA) is 76.1 Å². The van der Waals surface area contributed by atoms with E-state index >= 15 is 0 Å². The van der Waals surface area contributed by atoms with Crippen LogP contribution in [0.4, 0.5) is 17.6 Å². The molecule has 0 unspecified atom stereocenters. The van der Waals surface area contributed by atoms with E-state index in [4.69, 9.17) is 0 Å². The van der Waals surface area contributed by atoms with Crippen molar-refractivity contribution in [3.63, 3.8) is 0 Å². The van der Waals surface area contributed by atoms with Crippen LogP contribution in [0.3, 0.4) is 0 Å². The molecular weight excluding hydrogens is 364 g/mol. The van der Waals surface area contributed by atoms with E-state index in [1.54, 1.807) is 12.1 Å². The zero-order valence-corrected chi connectivity index (χ0v) is 13.1. The fourth-order valence-electron chi connectivity index (χ4n) is 1.80. The molecule has 25 heavy (non-hydrogen) atoms. The molecule has 0 aliphatic heterocycles. The molecule has 1 aromatic heterocycles. The largest absolute Gasteiger partial charge is 0.417 e. The van der Waals surface area contributed by atoms with Crippen LogP contribution in [0.25, 0.3) is 6.08 Å². The average molecular weight is 374 g/mol. The number of benzene rings is 1. The van der Waals surface area contributed by atoms with Gasteiger partial charge in [0.1, 0.15) is 5.82 Å². The molecule has 0 saturated heterocycles. The molecule has 1 heterocycles. The van der Waals surface area contributed by atoms with E-state index in [0.717, 1.165) is 6.08 Å². The molecule has 1 aromatic carbocycles. The lowest BCUT2D eigenvalue weighted by Gasteiger charge is -2.12. The summed E-state index contributed by atoms with van der Waals surface area (Å²) in [5, 5.41) is 0.587. The number of nitrogens with zero attached hydrogens (tertiary/aromatic N) is 1. The van der Waals surface area contributed by atoms with Crippen LogP contribution < -0.4 is 4.72 Å². The van der Waals surface area contributed by atoms with Crippen LogP contribution in [0.2, 0.25) is 0 Å². The molecule has 0 fully saturated rings. The summed E-state index contributed by atoms with van der Waals surface area (Å²) in [5.41, 5.74) is -2.32. The van der Waals surface area contributed by atoms with Gasteiger partial charge < -0.3 is 0 Å². The molecule has 5 nitrogen and oxygen atoms in total. The number of carbonyl (C=O) groups is 1. The van der Waals surface area contributed by atoms with E-state index in [9.17, 15) is 30.8 Å². The van der Waals surface area contributed by atoms with E-state index in [2.05, 4.69) is 4.98 Å². The second-order valence-electron chi connectivity index (χ2n) is 4.72. The second kappa shape index (κ2) is 7.01. The summed E-state index contributed by atoms with van der Waals surface area (Å²) in [6.07, 6.45) is -2.56. The normalized spacial score (nSPS) is 12.3. The van der Waals surface area contributed by atoms with Crippen LogP contribution in [0.15, 0.2) is 48.0 Å². The average Bonchev–Trinajstić information content (AvgIpc) is 2.52. The predicted molar refractivity (Wildman–Crippen MR) is 81.1 cm³/mol. The minimum atomic E-state index is -5.03. The lowest BCUT2D eigenvalue weighted by molar-refractivity contribution is -0.138. The third-order valence-electron chi connectivity index (χ3n) is 2.87. The monoisotopic (exact) mass is 374 g/mol. The van der Waals surface area contributed by atoms with Gasteiger partial charge in [0, 0.05) is 6.20 Å². The molecule has 0 atom stereocenters. The smallest absolute Gasteiger partial charge is 0.268 e. The van der Waals surface area contributed by atoms with Gasteiger partial charge in [-0.15, -0.1) is 0 Å². The fourth-order valence-corrected chi connectivity index (χ4v) is 2.56. The van der Waals surface area contributed by atoms with Gasteiger partial charge in [-0.05, 0) is 36.4 Å². The summed E-state index contributed by atoms with van der Waals surface area (Å²) >= 11 is 0. The highest BCUT2D eigenvalue weighted by molar-refractivity contribution is 7.93. The Morgan fingerprint density at radius 3 is 2.48 bits per heavy atom. The number of sulfonamides is 1. The van der Waals surface area contributed by atoms with Gasteiger partial charge in [0.15, 0.2) is 0 Å². The first-order chi connectivity index (χ1) is 11.6. The Labute approximate surface area is 140 Å². The first kappa shape index (κ1) is 18.6. The number of aromatic nitrogens is 1. The van der Waals surface area contributed by atoms with Crippen molar-refractivity contribution in [2.24, 2.45) is 0 Å². The van der Waals surface area contributed by atoms with Gasteiger partial charge in [-0.2, -0.15) is 13.2 Å². The minimum Gasteiger partial charge on any atom is -0.268 e. The van der Waals surface area contributed by atoms with Crippen molar-refractivity contribution < 1.29 is 30.8 Å². The standard InChI is InChI=1S/C15H10F4N2O3S/c16-10-4-5-12(13(9-10)15(17,18)19)14(22)21-25(23,24)8-6-11-3-1-2-7-20-11/h1-9H,(H,21,22)/b8-6+. The number of alkyl halides is 3. The van der Waals surface area contributed by atoms with Crippen molar-refractivity contribution in [1.29, 1.82) is 0 Å². The molecule has 0 radical (unpaired) electrons. The zero-order valence-electron chi connectivity index (χ0n) is 12.3. The third kappa shape index (κ3) is 5.11. The zero-order chi connectivity index (χ0) is 18.7. The first-order valence-corrected chi connectivity index (χ1v) is 8.16. The molecule has 1 amide bonds. The van der Waals surface area contributed by atoms with Crippen molar-refractivity contribution >= 4 is 22.0 Å². The Hall–Kier alpha value is -2.75. The number of amides is 1. The van der Waals surface area contributed by atoms with Crippen LogP contribution in [-0.4, -0.2) is 19.3 Å². The van der Waals surface area contributed by atoms with Crippen molar-refractivity contribution in [1.82, 2.24) is 9.71 Å². The van der Waals surface area contributed by atoms with Crippen molar-refractivity contribution in [3.05, 3.63) is 70.6 Å². The van der Waals surface area contributed by atoms with E-state index in [-0.39, 0.29) is 11.8 Å². The van der Waals surface area contributed by atoms with Gasteiger partial charge in [-0.1, -0.05) is 6.07 Å². The number of nitrogens with one attached hydrogen (secondary N) is 1. The summed E-state index contributed by atoms with van der Waals surface area (Å²) in [5.74, 6) is -2.74. The Morgan fingerprint density at radius 1 is 1.16 bits per heavy atom.